The van der Waals surface area contributed by atoms with Gasteiger partial charge in [0.05, 0.1) is 6.04 Å². The van der Waals surface area contributed by atoms with E-state index in [1.807, 2.05) is 49.9 Å². The first kappa shape index (κ1) is 18.4. The molecule has 2 rings (SSSR count). The van der Waals surface area contributed by atoms with Crippen molar-refractivity contribution >= 4 is 17.5 Å². The quantitative estimate of drug-likeness (QED) is 0.795. The minimum Gasteiger partial charge on any atom is -0.444 e. The minimum absolute atomic E-state index is 0.0383. The number of hydrogen-bond donors (Lipinski definition) is 1. The molecule has 0 aliphatic carbocycles. The number of benzene rings is 1. The molecule has 2 N–H and O–H groups in total. The lowest BCUT2D eigenvalue weighted by atomic mass is 9.84. The van der Waals surface area contributed by atoms with Gasteiger partial charge in [-0.05, 0) is 50.5 Å². The zero-order chi connectivity index (χ0) is 18.1. The fourth-order valence-corrected chi connectivity index (χ4v) is 2.98. The van der Waals surface area contributed by atoms with E-state index < -0.39 is 5.60 Å². The molecule has 5 nitrogen and oxygen atoms in total. The van der Waals surface area contributed by atoms with Crippen LogP contribution in [0.2, 0.25) is 0 Å². The SMILES string of the molecule is CC(C)(C)OC(=O)N1CCN(c2ccc(N)cc2)CC1C(C)(C)C. The first-order valence-corrected chi connectivity index (χ1v) is 8.57. The molecule has 0 bridgehead atoms. The van der Waals surface area contributed by atoms with Crippen LogP contribution in [0.25, 0.3) is 0 Å². The van der Waals surface area contributed by atoms with Gasteiger partial charge in [0.15, 0.2) is 0 Å². The first-order valence-electron chi connectivity index (χ1n) is 8.57. The zero-order valence-electron chi connectivity index (χ0n) is 15.8. The highest BCUT2D eigenvalue weighted by atomic mass is 16.6. The summed E-state index contributed by atoms with van der Waals surface area (Å²) in [5, 5.41) is 0. The van der Waals surface area contributed by atoms with Crippen LogP contribution in [-0.4, -0.2) is 42.3 Å². The maximum absolute atomic E-state index is 12.6. The molecule has 5 heteroatoms. The molecule has 1 aromatic carbocycles. The molecule has 1 aromatic rings. The van der Waals surface area contributed by atoms with E-state index in [1.165, 1.54) is 0 Å². The Morgan fingerprint density at radius 1 is 1.08 bits per heavy atom. The molecule has 0 saturated carbocycles. The maximum atomic E-state index is 12.6. The van der Waals surface area contributed by atoms with Gasteiger partial charge in [-0.15, -0.1) is 0 Å². The van der Waals surface area contributed by atoms with Crippen LogP contribution in [0.3, 0.4) is 0 Å². The summed E-state index contributed by atoms with van der Waals surface area (Å²) in [5.41, 5.74) is 7.17. The topological polar surface area (TPSA) is 58.8 Å². The lowest BCUT2D eigenvalue weighted by Gasteiger charge is -2.47. The van der Waals surface area contributed by atoms with Gasteiger partial charge in [0.1, 0.15) is 5.60 Å². The van der Waals surface area contributed by atoms with Crippen molar-refractivity contribution in [1.82, 2.24) is 4.90 Å². The average Bonchev–Trinajstić information content (AvgIpc) is 2.44. The molecule has 24 heavy (non-hydrogen) atoms. The largest absolute Gasteiger partial charge is 0.444 e. The molecular weight excluding hydrogens is 302 g/mol. The maximum Gasteiger partial charge on any atom is 0.410 e. The summed E-state index contributed by atoms with van der Waals surface area (Å²) in [5.74, 6) is 0. The fraction of sp³-hybridized carbons (Fsp3) is 0.632. The monoisotopic (exact) mass is 333 g/mol. The van der Waals surface area contributed by atoms with E-state index >= 15 is 0 Å². The van der Waals surface area contributed by atoms with E-state index in [1.54, 1.807) is 0 Å². The van der Waals surface area contributed by atoms with Crippen molar-refractivity contribution in [2.45, 2.75) is 53.2 Å². The van der Waals surface area contributed by atoms with Gasteiger partial charge in [-0.25, -0.2) is 4.79 Å². The number of hydrogen-bond acceptors (Lipinski definition) is 4. The fourth-order valence-electron chi connectivity index (χ4n) is 2.98. The molecule has 0 radical (unpaired) electrons. The second-order valence-corrected chi connectivity index (χ2v) is 8.59. The molecule has 1 aliphatic rings. The van der Waals surface area contributed by atoms with Crippen molar-refractivity contribution in [2.24, 2.45) is 5.41 Å². The van der Waals surface area contributed by atoms with Gasteiger partial charge in [0, 0.05) is 31.0 Å². The van der Waals surface area contributed by atoms with E-state index in [-0.39, 0.29) is 17.6 Å². The highest BCUT2D eigenvalue weighted by molar-refractivity contribution is 5.69. The van der Waals surface area contributed by atoms with Gasteiger partial charge >= 0.3 is 6.09 Å². The summed E-state index contributed by atoms with van der Waals surface area (Å²) >= 11 is 0. The van der Waals surface area contributed by atoms with Crippen LogP contribution in [0.15, 0.2) is 24.3 Å². The second kappa shape index (κ2) is 6.54. The standard InChI is InChI=1S/C19H31N3O2/c1-18(2,3)16-13-21(15-9-7-14(20)8-10-15)11-12-22(16)17(23)24-19(4,5)6/h7-10,16H,11-13,20H2,1-6H3. The van der Waals surface area contributed by atoms with Crippen molar-refractivity contribution in [1.29, 1.82) is 0 Å². The average molecular weight is 333 g/mol. The highest BCUT2D eigenvalue weighted by Crippen LogP contribution is 2.31. The summed E-state index contributed by atoms with van der Waals surface area (Å²) in [6.07, 6.45) is -0.223. The van der Waals surface area contributed by atoms with Gasteiger partial charge in [-0.1, -0.05) is 20.8 Å². The van der Waals surface area contributed by atoms with Crippen LogP contribution in [0.5, 0.6) is 0 Å². The number of ether oxygens (including phenoxy) is 1. The number of carbonyl (C=O) groups excluding carboxylic acids is 1. The number of rotatable bonds is 1. The van der Waals surface area contributed by atoms with E-state index in [0.717, 1.165) is 24.5 Å². The van der Waals surface area contributed by atoms with Crippen LogP contribution in [0.4, 0.5) is 16.2 Å². The molecule has 0 aromatic heterocycles. The van der Waals surface area contributed by atoms with Crippen LogP contribution in [0.1, 0.15) is 41.5 Å². The van der Waals surface area contributed by atoms with Crippen LogP contribution in [-0.2, 0) is 4.74 Å². The lowest BCUT2D eigenvalue weighted by Crippen LogP contribution is -2.60. The summed E-state index contributed by atoms with van der Waals surface area (Å²) in [4.78, 5) is 16.8. The van der Waals surface area contributed by atoms with Crippen LogP contribution < -0.4 is 10.6 Å². The predicted molar refractivity (Wildman–Crippen MR) is 99.3 cm³/mol. The minimum atomic E-state index is -0.479. The molecule has 1 atom stereocenters. The number of nitrogens with zero attached hydrogens (tertiary/aromatic N) is 2. The Kier molecular flexibility index (Phi) is 5.02. The van der Waals surface area contributed by atoms with Gasteiger partial charge in [-0.2, -0.15) is 0 Å². The molecule has 1 saturated heterocycles. The van der Waals surface area contributed by atoms with Gasteiger partial charge in [0.2, 0.25) is 0 Å². The molecule has 1 amide bonds. The van der Waals surface area contributed by atoms with Gasteiger partial charge in [-0.3, -0.25) is 0 Å². The normalized spacial score (nSPS) is 19.3. The molecule has 1 unspecified atom stereocenters. The molecule has 1 heterocycles. The third-order valence-electron chi connectivity index (χ3n) is 4.27. The summed E-state index contributed by atoms with van der Waals surface area (Å²) < 4.78 is 5.61. The number of carbonyl (C=O) groups is 1. The number of anilines is 2. The van der Waals surface area contributed by atoms with E-state index in [0.29, 0.717) is 6.54 Å². The van der Waals surface area contributed by atoms with Crippen molar-refractivity contribution in [3.05, 3.63) is 24.3 Å². The number of piperazine rings is 1. The molecular formula is C19H31N3O2. The Labute approximate surface area is 145 Å². The third kappa shape index (κ3) is 4.56. The van der Waals surface area contributed by atoms with E-state index in [2.05, 4.69) is 25.7 Å². The highest BCUT2D eigenvalue weighted by Gasteiger charge is 2.39. The van der Waals surface area contributed by atoms with Crippen LogP contribution >= 0.6 is 0 Å². The second-order valence-electron chi connectivity index (χ2n) is 8.59. The van der Waals surface area contributed by atoms with Gasteiger partial charge in [0.25, 0.3) is 0 Å². The summed E-state index contributed by atoms with van der Waals surface area (Å²) in [6.45, 7) is 14.4. The van der Waals surface area contributed by atoms with E-state index in [9.17, 15) is 4.79 Å². The smallest absolute Gasteiger partial charge is 0.410 e. The lowest BCUT2D eigenvalue weighted by molar-refractivity contribution is -0.000629. The number of nitrogens with two attached hydrogens (primary N) is 1. The molecule has 134 valence electrons. The summed E-state index contributed by atoms with van der Waals surface area (Å²) in [7, 11) is 0. The first-order chi connectivity index (χ1) is 11.0. The summed E-state index contributed by atoms with van der Waals surface area (Å²) in [6, 6.07) is 8.00. The van der Waals surface area contributed by atoms with E-state index in [4.69, 9.17) is 10.5 Å². The van der Waals surface area contributed by atoms with Crippen molar-refractivity contribution in [3.63, 3.8) is 0 Å². The Morgan fingerprint density at radius 3 is 2.17 bits per heavy atom. The zero-order valence-corrected chi connectivity index (χ0v) is 15.8. The van der Waals surface area contributed by atoms with Crippen molar-refractivity contribution in [3.8, 4) is 0 Å². The Morgan fingerprint density at radius 2 is 1.67 bits per heavy atom. The van der Waals surface area contributed by atoms with Gasteiger partial charge < -0.3 is 20.3 Å². The third-order valence-corrected chi connectivity index (χ3v) is 4.27. The number of nitrogen functional groups attached to an aromatic ring is 1. The van der Waals surface area contributed by atoms with Crippen molar-refractivity contribution in [2.75, 3.05) is 30.3 Å². The van der Waals surface area contributed by atoms with Crippen molar-refractivity contribution < 1.29 is 9.53 Å². The Balaban J connectivity index is 2.19. The van der Waals surface area contributed by atoms with Crippen LogP contribution in [0, 0.1) is 5.41 Å². The molecule has 1 aliphatic heterocycles. The Bertz CT molecular complexity index is 570. The number of amides is 1. The molecule has 1 fully saturated rings. The Hall–Kier alpha value is -1.91. The molecule has 0 spiro atoms. The predicted octanol–water partition coefficient (Wildman–Crippen LogP) is 3.74.